The van der Waals surface area contributed by atoms with E-state index in [0.29, 0.717) is 10.3 Å². The molecule has 4 aromatic heterocycles. The number of methoxy groups -OCH3 is 1. The molecule has 0 radical (unpaired) electrons. The zero-order valence-corrected chi connectivity index (χ0v) is 16.7. The Morgan fingerprint density at radius 2 is 1.88 bits per heavy atom. The number of nitrogens with zero attached hydrogens (tertiary/aromatic N) is 4. The van der Waals surface area contributed by atoms with Crippen LogP contribution in [-0.2, 0) is 6.18 Å². The van der Waals surface area contributed by atoms with Gasteiger partial charge in [-0.2, -0.15) is 22.8 Å². The molecule has 4 heterocycles. The van der Waals surface area contributed by atoms with Crippen LogP contribution in [0.4, 0.5) is 13.2 Å². The van der Waals surface area contributed by atoms with Gasteiger partial charge in [0.1, 0.15) is 11.2 Å². The molecule has 0 saturated carbocycles. The van der Waals surface area contributed by atoms with Crippen LogP contribution in [0.1, 0.15) is 11.4 Å². The summed E-state index contributed by atoms with van der Waals surface area (Å²) in [6.45, 7) is 1.55. The second kappa shape index (κ2) is 6.94. The fraction of sp³-hybridized carbons (Fsp3) is 0.143. The molecule has 0 aliphatic rings. The monoisotopic (exact) mass is 441 g/mol. The van der Waals surface area contributed by atoms with Crippen LogP contribution >= 0.6 is 0 Å². The minimum Gasteiger partial charge on any atom is -0.494 e. The minimum atomic E-state index is -4.78. The van der Waals surface area contributed by atoms with Gasteiger partial charge in [0.15, 0.2) is 17.0 Å². The number of aryl methyl sites for hydroxylation is 1. The molecule has 1 aromatic carbocycles. The lowest BCUT2D eigenvalue weighted by atomic mass is 10.1. The van der Waals surface area contributed by atoms with Crippen molar-refractivity contribution in [1.29, 1.82) is 0 Å². The van der Waals surface area contributed by atoms with Crippen LogP contribution in [0.15, 0.2) is 51.8 Å². The quantitative estimate of drug-likeness (QED) is 0.450. The van der Waals surface area contributed by atoms with Crippen molar-refractivity contribution in [3.63, 3.8) is 0 Å². The fourth-order valence-corrected chi connectivity index (χ4v) is 3.60. The van der Waals surface area contributed by atoms with E-state index in [4.69, 9.17) is 9.15 Å². The van der Waals surface area contributed by atoms with Gasteiger partial charge in [-0.15, -0.1) is 0 Å². The maximum atomic E-state index is 13.8. The topological polar surface area (TPSA) is 98.3 Å². The predicted octanol–water partition coefficient (Wildman–Crippen LogP) is 4.23. The molecule has 0 atom stereocenters. The van der Waals surface area contributed by atoms with Crippen LogP contribution in [0.3, 0.4) is 0 Å². The first-order valence-corrected chi connectivity index (χ1v) is 9.37. The number of pyridine rings is 1. The van der Waals surface area contributed by atoms with E-state index in [1.807, 2.05) is 0 Å². The van der Waals surface area contributed by atoms with Gasteiger partial charge < -0.3 is 14.1 Å². The van der Waals surface area contributed by atoms with Crippen molar-refractivity contribution in [2.45, 2.75) is 13.1 Å². The summed E-state index contributed by atoms with van der Waals surface area (Å²) in [5.41, 5.74) is -1.40. The highest BCUT2D eigenvalue weighted by Gasteiger charge is 2.39. The highest BCUT2D eigenvalue weighted by atomic mass is 19.4. The lowest BCUT2D eigenvalue weighted by molar-refractivity contribution is -0.140. The van der Waals surface area contributed by atoms with E-state index < -0.39 is 17.4 Å². The summed E-state index contributed by atoms with van der Waals surface area (Å²) >= 11 is 0. The van der Waals surface area contributed by atoms with E-state index >= 15 is 0 Å². The SMILES string of the molecule is COc1ccnc2oc(-c3c(C)[nH]c4c(-c5ccccc5)c(C(F)(F)F)nn4c3=O)nc12. The van der Waals surface area contributed by atoms with Crippen molar-refractivity contribution in [3.05, 3.63) is 64.3 Å². The van der Waals surface area contributed by atoms with Crippen molar-refractivity contribution < 1.29 is 22.3 Å². The van der Waals surface area contributed by atoms with Crippen LogP contribution < -0.4 is 10.3 Å². The number of hydrogen-bond acceptors (Lipinski definition) is 6. The molecular weight excluding hydrogens is 427 g/mol. The Kier molecular flexibility index (Phi) is 4.29. The molecular formula is C21H14F3N5O3. The summed E-state index contributed by atoms with van der Waals surface area (Å²) in [5, 5.41) is 3.61. The molecule has 0 fully saturated rings. The number of nitrogens with one attached hydrogen (secondary N) is 1. The van der Waals surface area contributed by atoms with Crippen molar-refractivity contribution in [3.8, 4) is 28.3 Å². The first kappa shape index (κ1) is 19.8. The lowest BCUT2D eigenvalue weighted by Crippen LogP contribution is -2.20. The molecule has 8 nitrogen and oxygen atoms in total. The normalized spacial score (nSPS) is 12.0. The molecule has 0 aliphatic heterocycles. The highest BCUT2D eigenvalue weighted by molar-refractivity contribution is 5.82. The lowest BCUT2D eigenvalue weighted by Gasteiger charge is -2.07. The average Bonchev–Trinajstić information content (AvgIpc) is 3.36. The number of aromatic nitrogens is 5. The van der Waals surface area contributed by atoms with E-state index in [0.717, 1.165) is 0 Å². The first-order valence-electron chi connectivity index (χ1n) is 9.37. The summed E-state index contributed by atoms with van der Waals surface area (Å²) in [7, 11) is 1.45. The standard InChI is InChI=1S/C21H14F3N5O3/c1-10-13(18-27-15-12(31-2)8-9-25-19(15)32-18)20(30)29-17(26-10)14(11-6-4-3-5-7-11)16(28-29)21(22,23)24/h3-9,26H,1-2H3. The molecule has 32 heavy (non-hydrogen) atoms. The maximum absolute atomic E-state index is 13.8. The van der Waals surface area contributed by atoms with Crippen molar-refractivity contribution in [2.24, 2.45) is 0 Å². The molecule has 0 spiro atoms. The van der Waals surface area contributed by atoms with E-state index in [-0.39, 0.29) is 45.2 Å². The van der Waals surface area contributed by atoms with Crippen LogP contribution in [0, 0.1) is 6.92 Å². The number of rotatable bonds is 3. The molecule has 0 bridgehead atoms. The second-order valence-corrected chi connectivity index (χ2v) is 6.96. The molecule has 5 rings (SSSR count). The van der Waals surface area contributed by atoms with Gasteiger partial charge in [-0.05, 0) is 12.5 Å². The summed E-state index contributed by atoms with van der Waals surface area (Å²) in [4.78, 5) is 24.5. The minimum absolute atomic E-state index is 0.0617. The number of aromatic amines is 1. The molecule has 0 aliphatic carbocycles. The van der Waals surface area contributed by atoms with Gasteiger partial charge >= 0.3 is 6.18 Å². The van der Waals surface area contributed by atoms with Gasteiger partial charge in [0, 0.05) is 18.0 Å². The van der Waals surface area contributed by atoms with Gasteiger partial charge in [0.25, 0.3) is 11.3 Å². The molecule has 0 saturated heterocycles. The fourth-order valence-electron chi connectivity index (χ4n) is 3.60. The third-order valence-electron chi connectivity index (χ3n) is 5.00. The van der Waals surface area contributed by atoms with Gasteiger partial charge in [-0.1, -0.05) is 30.3 Å². The van der Waals surface area contributed by atoms with Gasteiger partial charge in [-0.25, -0.2) is 9.97 Å². The summed E-state index contributed by atoms with van der Waals surface area (Å²) in [5.74, 6) is 0.271. The van der Waals surface area contributed by atoms with Crippen LogP contribution in [-0.4, -0.2) is 31.7 Å². The van der Waals surface area contributed by atoms with Gasteiger partial charge in [-0.3, -0.25) is 4.79 Å². The molecule has 0 amide bonds. The number of alkyl halides is 3. The summed E-state index contributed by atoms with van der Waals surface area (Å²) < 4.78 is 52.9. The van der Waals surface area contributed by atoms with Gasteiger partial charge in [0.05, 0.1) is 12.7 Å². The second-order valence-electron chi connectivity index (χ2n) is 6.96. The zero-order chi connectivity index (χ0) is 22.6. The summed E-state index contributed by atoms with van der Waals surface area (Å²) in [6.07, 6.45) is -3.33. The molecule has 5 aromatic rings. The van der Waals surface area contributed by atoms with Crippen LogP contribution in [0.25, 0.3) is 39.5 Å². The van der Waals surface area contributed by atoms with Crippen molar-refractivity contribution in [1.82, 2.24) is 24.6 Å². The number of ether oxygens (including phenoxy) is 1. The Labute approximate surface area is 177 Å². The van der Waals surface area contributed by atoms with Crippen molar-refractivity contribution >= 4 is 16.9 Å². The van der Waals surface area contributed by atoms with Crippen LogP contribution in [0.5, 0.6) is 5.75 Å². The Bertz CT molecular complexity index is 1530. The van der Waals surface area contributed by atoms with E-state index in [2.05, 4.69) is 20.1 Å². The largest absolute Gasteiger partial charge is 0.494 e. The van der Waals surface area contributed by atoms with E-state index in [1.54, 1.807) is 31.2 Å². The number of oxazole rings is 1. The molecule has 162 valence electrons. The number of hydrogen-bond donors (Lipinski definition) is 1. The first-order chi connectivity index (χ1) is 15.3. The Morgan fingerprint density at radius 1 is 1.12 bits per heavy atom. The van der Waals surface area contributed by atoms with Crippen molar-refractivity contribution in [2.75, 3.05) is 7.11 Å². The Hall–Kier alpha value is -4.15. The number of H-pyrrole nitrogens is 1. The zero-order valence-electron chi connectivity index (χ0n) is 16.7. The Morgan fingerprint density at radius 3 is 2.56 bits per heavy atom. The molecule has 1 N–H and O–H groups in total. The van der Waals surface area contributed by atoms with E-state index in [1.165, 1.54) is 25.4 Å². The molecule has 11 heteroatoms. The Balaban J connectivity index is 1.82. The average molecular weight is 441 g/mol. The number of halogens is 3. The van der Waals surface area contributed by atoms with Gasteiger partial charge in [0.2, 0.25) is 5.89 Å². The number of fused-ring (bicyclic) bond motifs is 2. The smallest absolute Gasteiger partial charge is 0.435 e. The highest BCUT2D eigenvalue weighted by Crippen LogP contribution is 2.38. The third-order valence-corrected chi connectivity index (χ3v) is 5.00. The summed E-state index contributed by atoms with van der Waals surface area (Å²) in [6, 6.07) is 9.52. The third kappa shape index (κ3) is 2.93. The number of benzene rings is 1. The maximum Gasteiger partial charge on any atom is 0.435 e. The van der Waals surface area contributed by atoms with Crippen LogP contribution in [0.2, 0.25) is 0 Å². The van der Waals surface area contributed by atoms with E-state index in [9.17, 15) is 18.0 Å². The molecule has 0 unspecified atom stereocenters. The predicted molar refractivity (Wildman–Crippen MR) is 108 cm³/mol.